The number of thiazole rings is 1. The van der Waals surface area contributed by atoms with Gasteiger partial charge in [-0.15, -0.1) is 11.3 Å². The molecule has 23 heavy (non-hydrogen) atoms. The fraction of sp³-hybridized carbons (Fsp3) is 0.312. The number of nitrogens with zero attached hydrogens (tertiary/aromatic N) is 3. The monoisotopic (exact) mass is 330 g/mol. The van der Waals surface area contributed by atoms with Crippen LogP contribution in [0.4, 0.5) is 0 Å². The summed E-state index contributed by atoms with van der Waals surface area (Å²) in [7, 11) is 1.64. The molecule has 2 heterocycles. The molecule has 0 saturated carbocycles. The first-order valence-corrected chi connectivity index (χ1v) is 8.30. The number of aryl methyl sites for hydroxylation is 1. The average molecular weight is 330 g/mol. The van der Waals surface area contributed by atoms with E-state index in [1.165, 1.54) is 0 Å². The molecule has 6 nitrogen and oxygen atoms in total. The molecule has 3 rings (SSSR count). The Morgan fingerprint density at radius 1 is 1.30 bits per heavy atom. The van der Waals surface area contributed by atoms with Crippen molar-refractivity contribution in [2.75, 3.05) is 13.7 Å². The number of fused-ring (bicyclic) bond motifs is 1. The summed E-state index contributed by atoms with van der Waals surface area (Å²) in [4.78, 5) is 16.9. The Kier molecular flexibility index (Phi) is 4.87. The molecule has 0 fully saturated rings. The third kappa shape index (κ3) is 3.87. The first kappa shape index (κ1) is 15.5. The van der Waals surface area contributed by atoms with Crippen molar-refractivity contribution in [2.45, 2.75) is 19.3 Å². The number of hydrogen-bond acceptors (Lipinski definition) is 5. The van der Waals surface area contributed by atoms with Crippen molar-refractivity contribution in [1.82, 2.24) is 19.9 Å². The largest absolute Gasteiger partial charge is 0.497 e. The molecule has 7 heteroatoms. The molecule has 0 aliphatic carbocycles. The zero-order valence-corrected chi connectivity index (χ0v) is 13.7. The van der Waals surface area contributed by atoms with Gasteiger partial charge < -0.3 is 10.1 Å². The Hall–Kier alpha value is -2.41. The highest BCUT2D eigenvalue weighted by atomic mass is 32.1. The summed E-state index contributed by atoms with van der Waals surface area (Å²) in [6, 6.07) is 7.79. The first-order chi connectivity index (χ1) is 11.3. The van der Waals surface area contributed by atoms with E-state index in [1.54, 1.807) is 24.8 Å². The van der Waals surface area contributed by atoms with E-state index in [0.717, 1.165) is 34.8 Å². The highest BCUT2D eigenvalue weighted by Gasteiger charge is 2.06. The summed E-state index contributed by atoms with van der Waals surface area (Å²) >= 11 is 1.56. The molecule has 0 bridgehead atoms. The molecule has 1 aromatic carbocycles. The van der Waals surface area contributed by atoms with Crippen molar-refractivity contribution in [2.24, 2.45) is 0 Å². The van der Waals surface area contributed by atoms with Gasteiger partial charge in [-0.25, -0.2) is 9.50 Å². The number of rotatable bonds is 7. The quantitative estimate of drug-likeness (QED) is 0.720. The minimum atomic E-state index is 0.0610. The number of hydrogen-bond donors (Lipinski definition) is 1. The van der Waals surface area contributed by atoms with Crippen LogP contribution in [0.2, 0.25) is 0 Å². The number of methoxy groups -OCH3 is 1. The zero-order valence-electron chi connectivity index (χ0n) is 12.9. The Morgan fingerprint density at radius 2 is 2.13 bits per heavy atom. The van der Waals surface area contributed by atoms with Gasteiger partial charge in [0.25, 0.3) is 0 Å². The van der Waals surface area contributed by atoms with Gasteiger partial charge in [0.05, 0.1) is 12.8 Å². The molecule has 2 aromatic heterocycles. The van der Waals surface area contributed by atoms with Crippen LogP contribution in [0.15, 0.2) is 36.0 Å². The smallest absolute Gasteiger partial charge is 0.220 e. The van der Waals surface area contributed by atoms with Crippen molar-refractivity contribution in [1.29, 1.82) is 0 Å². The van der Waals surface area contributed by atoms with E-state index in [-0.39, 0.29) is 5.91 Å². The third-order valence-corrected chi connectivity index (χ3v) is 4.47. The Morgan fingerprint density at radius 3 is 2.91 bits per heavy atom. The van der Waals surface area contributed by atoms with E-state index in [2.05, 4.69) is 15.4 Å². The van der Waals surface area contributed by atoms with Crippen LogP contribution in [0.3, 0.4) is 0 Å². The van der Waals surface area contributed by atoms with Crippen molar-refractivity contribution in [3.05, 3.63) is 47.2 Å². The Labute approximate surface area is 138 Å². The zero-order chi connectivity index (χ0) is 16.1. The van der Waals surface area contributed by atoms with Crippen LogP contribution < -0.4 is 10.1 Å². The fourth-order valence-corrected chi connectivity index (χ4v) is 3.14. The topological polar surface area (TPSA) is 68.5 Å². The predicted molar refractivity (Wildman–Crippen MR) is 88.9 cm³/mol. The van der Waals surface area contributed by atoms with Crippen LogP contribution in [-0.4, -0.2) is 34.2 Å². The third-order valence-electron chi connectivity index (χ3n) is 3.59. The molecule has 120 valence electrons. The maximum absolute atomic E-state index is 11.9. The van der Waals surface area contributed by atoms with E-state index < -0.39 is 0 Å². The summed E-state index contributed by atoms with van der Waals surface area (Å²) in [5.41, 5.74) is 2.20. The van der Waals surface area contributed by atoms with Gasteiger partial charge in [0.1, 0.15) is 12.1 Å². The second-order valence-corrected chi connectivity index (χ2v) is 5.97. The van der Waals surface area contributed by atoms with Crippen LogP contribution in [0.1, 0.15) is 17.7 Å². The summed E-state index contributed by atoms with van der Waals surface area (Å²) < 4.78 is 6.93. The molecule has 0 saturated heterocycles. The number of amides is 1. The van der Waals surface area contributed by atoms with Crippen molar-refractivity contribution >= 4 is 22.2 Å². The van der Waals surface area contributed by atoms with Gasteiger partial charge in [-0.05, 0) is 24.1 Å². The lowest BCUT2D eigenvalue weighted by atomic mass is 10.1. The van der Waals surface area contributed by atoms with E-state index in [1.807, 2.05) is 34.2 Å². The van der Waals surface area contributed by atoms with E-state index in [9.17, 15) is 4.79 Å². The minimum absolute atomic E-state index is 0.0610. The molecular formula is C16H18N4O2S. The molecule has 0 aliphatic heterocycles. The van der Waals surface area contributed by atoms with Crippen LogP contribution >= 0.6 is 11.3 Å². The molecule has 0 radical (unpaired) electrons. The van der Waals surface area contributed by atoms with Crippen LogP contribution in [0, 0.1) is 0 Å². The van der Waals surface area contributed by atoms with Crippen LogP contribution in [0.5, 0.6) is 5.75 Å². The molecule has 0 unspecified atom stereocenters. The lowest BCUT2D eigenvalue weighted by Gasteiger charge is -2.05. The first-order valence-electron chi connectivity index (χ1n) is 7.42. The van der Waals surface area contributed by atoms with Crippen molar-refractivity contribution in [3.63, 3.8) is 0 Å². The summed E-state index contributed by atoms with van der Waals surface area (Å²) in [6.07, 6.45) is 3.50. The normalized spacial score (nSPS) is 10.8. The Bertz CT molecular complexity index is 779. The van der Waals surface area contributed by atoms with Gasteiger partial charge in [-0.3, -0.25) is 4.79 Å². The predicted octanol–water partition coefficient (Wildman–Crippen LogP) is 2.09. The second-order valence-electron chi connectivity index (χ2n) is 5.13. The summed E-state index contributed by atoms with van der Waals surface area (Å²) in [5.74, 6) is 0.888. The molecule has 0 spiro atoms. The van der Waals surface area contributed by atoms with Gasteiger partial charge in [0.2, 0.25) is 10.9 Å². The van der Waals surface area contributed by atoms with Crippen molar-refractivity contribution < 1.29 is 9.53 Å². The van der Waals surface area contributed by atoms with Crippen molar-refractivity contribution in [3.8, 4) is 5.75 Å². The van der Waals surface area contributed by atoms with Gasteiger partial charge in [0, 0.05) is 24.8 Å². The molecule has 1 N–H and O–H groups in total. The highest BCUT2D eigenvalue weighted by molar-refractivity contribution is 7.15. The standard InChI is InChI=1S/C16H18N4O2S/c1-22-14-5-2-12(3-6-14)4-7-15(21)17-9-8-13-10-23-16-18-11-19-20(13)16/h2-3,5-6,10-11H,4,7-9H2,1H3,(H,17,21). The van der Waals surface area contributed by atoms with Crippen LogP contribution in [-0.2, 0) is 17.6 Å². The summed E-state index contributed by atoms with van der Waals surface area (Å²) in [6.45, 7) is 0.604. The molecular weight excluding hydrogens is 312 g/mol. The minimum Gasteiger partial charge on any atom is -0.497 e. The SMILES string of the molecule is COc1ccc(CCC(=O)NCCc2csc3ncnn23)cc1. The molecule has 0 atom stereocenters. The maximum Gasteiger partial charge on any atom is 0.220 e. The fourth-order valence-electron chi connectivity index (χ4n) is 2.31. The number of carbonyl (C=O) groups is 1. The molecule has 3 aromatic rings. The lowest BCUT2D eigenvalue weighted by Crippen LogP contribution is -2.26. The number of benzene rings is 1. The number of ether oxygens (including phenoxy) is 1. The Balaban J connectivity index is 1.41. The van der Waals surface area contributed by atoms with Gasteiger partial charge >= 0.3 is 0 Å². The van der Waals surface area contributed by atoms with Gasteiger partial charge in [0.15, 0.2) is 0 Å². The van der Waals surface area contributed by atoms with E-state index in [4.69, 9.17) is 4.74 Å². The lowest BCUT2D eigenvalue weighted by molar-refractivity contribution is -0.121. The average Bonchev–Trinajstić information content (AvgIpc) is 3.18. The van der Waals surface area contributed by atoms with Gasteiger partial charge in [-0.1, -0.05) is 12.1 Å². The second kappa shape index (κ2) is 7.23. The van der Waals surface area contributed by atoms with Gasteiger partial charge in [-0.2, -0.15) is 5.10 Å². The van der Waals surface area contributed by atoms with Crippen LogP contribution in [0.25, 0.3) is 4.96 Å². The number of carbonyl (C=O) groups excluding carboxylic acids is 1. The molecule has 1 amide bonds. The van der Waals surface area contributed by atoms with E-state index in [0.29, 0.717) is 13.0 Å². The number of nitrogens with one attached hydrogen (secondary N) is 1. The molecule has 0 aliphatic rings. The number of aromatic nitrogens is 3. The highest BCUT2D eigenvalue weighted by Crippen LogP contribution is 2.13. The maximum atomic E-state index is 11.9. The summed E-state index contributed by atoms with van der Waals surface area (Å²) in [5, 5.41) is 9.14. The van der Waals surface area contributed by atoms with E-state index >= 15 is 0 Å².